The molecule has 1 heterocycles. The fourth-order valence-electron chi connectivity index (χ4n) is 3.02. The first-order valence-corrected chi connectivity index (χ1v) is 5.70. The fraction of sp³-hybridized carbons (Fsp3) is 0.462. The minimum absolute atomic E-state index is 0.416. The number of aliphatic carboxylic acids is 1. The van der Waals surface area contributed by atoms with Crippen molar-refractivity contribution in [1.29, 1.82) is 0 Å². The lowest BCUT2D eigenvalue weighted by molar-refractivity contribution is -0.143. The van der Waals surface area contributed by atoms with Crippen molar-refractivity contribution in [1.82, 2.24) is 0 Å². The van der Waals surface area contributed by atoms with Gasteiger partial charge in [0.25, 0.3) is 0 Å². The van der Waals surface area contributed by atoms with Crippen LogP contribution in [0, 0.1) is 0 Å². The molecule has 0 amide bonds. The molecular weight excluding hydrogens is 204 g/mol. The van der Waals surface area contributed by atoms with Gasteiger partial charge in [-0.3, -0.25) is 0 Å². The molecule has 1 unspecified atom stereocenters. The van der Waals surface area contributed by atoms with E-state index >= 15 is 0 Å². The molecule has 3 rings (SSSR count). The maximum atomic E-state index is 11.5. The number of epoxide rings is 1. The van der Waals surface area contributed by atoms with Crippen LogP contribution in [0.1, 0.15) is 31.2 Å². The average molecular weight is 218 g/mol. The van der Waals surface area contributed by atoms with Gasteiger partial charge in [0.2, 0.25) is 5.60 Å². The van der Waals surface area contributed by atoms with Crippen LogP contribution in [-0.4, -0.2) is 16.7 Å². The number of rotatable bonds is 2. The number of hydrogen-bond acceptors (Lipinski definition) is 2. The molecular formula is C13H14O3. The molecule has 1 spiro atoms. The maximum absolute atomic E-state index is 11.5. The van der Waals surface area contributed by atoms with Gasteiger partial charge in [0.05, 0.1) is 0 Å². The normalized spacial score (nSPS) is 30.5. The van der Waals surface area contributed by atoms with Gasteiger partial charge in [-0.15, -0.1) is 0 Å². The minimum atomic E-state index is -1.06. The lowest BCUT2D eigenvalue weighted by atomic mass is 9.85. The molecule has 1 aliphatic heterocycles. The number of carboxylic acids is 1. The average Bonchev–Trinajstić information content (AvgIpc) is 2.70. The van der Waals surface area contributed by atoms with Crippen LogP contribution >= 0.6 is 0 Å². The van der Waals surface area contributed by atoms with Crippen LogP contribution in [0.15, 0.2) is 30.3 Å². The molecule has 1 saturated heterocycles. The Kier molecular flexibility index (Phi) is 1.89. The van der Waals surface area contributed by atoms with Crippen LogP contribution in [0.3, 0.4) is 0 Å². The van der Waals surface area contributed by atoms with Gasteiger partial charge in [0.1, 0.15) is 5.60 Å². The van der Waals surface area contributed by atoms with Crippen LogP contribution in [0.25, 0.3) is 0 Å². The lowest BCUT2D eigenvalue weighted by Crippen LogP contribution is -2.30. The van der Waals surface area contributed by atoms with Crippen molar-refractivity contribution in [2.45, 2.75) is 36.9 Å². The van der Waals surface area contributed by atoms with E-state index in [0.29, 0.717) is 0 Å². The summed E-state index contributed by atoms with van der Waals surface area (Å²) in [7, 11) is 0. The van der Waals surface area contributed by atoms with E-state index in [1.165, 1.54) is 0 Å². The number of carboxylic acid groups (broad SMARTS) is 1. The number of carbonyl (C=O) groups is 1. The molecule has 3 heteroatoms. The first kappa shape index (κ1) is 9.85. The predicted molar refractivity (Wildman–Crippen MR) is 58.0 cm³/mol. The highest BCUT2D eigenvalue weighted by atomic mass is 16.7. The third kappa shape index (κ3) is 1.04. The summed E-state index contributed by atoms with van der Waals surface area (Å²) in [6, 6.07) is 9.32. The Morgan fingerprint density at radius 3 is 2.38 bits per heavy atom. The van der Waals surface area contributed by atoms with Crippen molar-refractivity contribution in [3.63, 3.8) is 0 Å². The second kappa shape index (κ2) is 3.08. The highest BCUT2D eigenvalue weighted by molar-refractivity contribution is 5.85. The van der Waals surface area contributed by atoms with E-state index in [0.717, 1.165) is 31.2 Å². The molecule has 3 nitrogen and oxygen atoms in total. The molecule has 84 valence electrons. The lowest BCUT2D eigenvalue weighted by Gasteiger charge is -2.11. The summed E-state index contributed by atoms with van der Waals surface area (Å²) in [6.07, 6.45) is 3.88. The Morgan fingerprint density at radius 2 is 1.81 bits per heavy atom. The molecule has 1 atom stereocenters. The maximum Gasteiger partial charge on any atom is 0.343 e. The summed E-state index contributed by atoms with van der Waals surface area (Å²) in [5, 5.41) is 9.46. The summed E-state index contributed by atoms with van der Waals surface area (Å²) in [4.78, 5) is 11.5. The van der Waals surface area contributed by atoms with Crippen LogP contribution in [-0.2, 0) is 15.1 Å². The summed E-state index contributed by atoms with van der Waals surface area (Å²) in [5.41, 5.74) is -0.699. The molecule has 16 heavy (non-hydrogen) atoms. The Morgan fingerprint density at radius 1 is 1.19 bits per heavy atom. The third-order valence-electron chi connectivity index (χ3n) is 3.84. The molecule has 2 aliphatic rings. The Hall–Kier alpha value is -1.35. The number of ether oxygens (including phenoxy) is 1. The SMILES string of the molecule is O=C(O)C1(c2ccccc2)OC12CCCC2. The van der Waals surface area contributed by atoms with Gasteiger partial charge in [-0.1, -0.05) is 43.2 Å². The first-order valence-electron chi connectivity index (χ1n) is 5.70. The quantitative estimate of drug-likeness (QED) is 0.775. The zero-order valence-corrected chi connectivity index (χ0v) is 8.98. The van der Waals surface area contributed by atoms with Crippen molar-refractivity contribution in [3.8, 4) is 0 Å². The van der Waals surface area contributed by atoms with Crippen molar-refractivity contribution in [2.75, 3.05) is 0 Å². The van der Waals surface area contributed by atoms with Crippen LogP contribution in [0.5, 0.6) is 0 Å². The van der Waals surface area contributed by atoms with E-state index in [-0.39, 0.29) is 0 Å². The second-order valence-electron chi connectivity index (χ2n) is 4.66. The zero-order valence-electron chi connectivity index (χ0n) is 8.98. The Labute approximate surface area is 94.0 Å². The van der Waals surface area contributed by atoms with E-state index in [2.05, 4.69) is 0 Å². The van der Waals surface area contributed by atoms with Crippen LogP contribution < -0.4 is 0 Å². The Bertz CT molecular complexity index is 420. The third-order valence-corrected chi connectivity index (χ3v) is 3.84. The molecule has 0 bridgehead atoms. The molecule has 1 aromatic carbocycles. The molecule has 2 fully saturated rings. The summed E-state index contributed by atoms with van der Waals surface area (Å²) in [5.74, 6) is -0.847. The first-order chi connectivity index (χ1) is 7.71. The van der Waals surface area contributed by atoms with E-state index in [4.69, 9.17) is 4.74 Å². The summed E-state index contributed by atoms with van der Waals surface area (Å²) < 4.78 is 5.70. The number of benzene rings is 1. The van der Waals surface area contributed by atoms with Crippen LogP contribution in [0.2, 0.25) is 0 Å². The van der Waals surface area contributed by atoms with Crippen molar-refractivity contribution < 1.29 is 14.6 Å². The Balaban J connectivity index is 2.04. The van der Waals surface area contributed by atoms with E-state index in [1.54, 1.807) is 0 Å². The predicted octanol–water partition coefficient (Wildman–Crippen LogP) is 2.31. The monoisotopic (exact) mass is 218 g/mol. The highest BCUT2D eigenvalue weighted by Crippen LogP contribution is 2.63. The van der Waals surface area contributed by atoms with Gasteiger partial charge in [0.15, 0.2) is 0 Å². The molecule has 1 saturated carbocycles. The zero-order chi connectivity index (χ0) is 11.2. The molecule has 1 aromatic rings. The molecule has 0 radical (unpaired) electrons. The van der Waals surface area contributed by atoms with Gasteiger partial charge in [-0.25, -0.2) is 4.79 Å². The number of hydrogen-bond donors (Lipinski definition) is 1. The smallest absolute Gasteiger partial charge is 0.343 e. The standard InChI is InChI=1S/C13H14O3/c14-11(15)13(10-6-2-1-3-7-10)12(16-13)8-4-5-9-12/h1-3,6-7H,4-5,8-9H2,(H,14,15). The molecule has 1 aliphatic carbocycles. The molecule has 1 N–H and O–H groups in total. The highest BCUT2D eigenvalue weighted by Gasteiger charge is 2.76. The summed E-state index contributed by atoms with van der Waals surface area (Å²) >= 11 is 0. The topological polar surface area (TPSA) is 49.8 Å². The molecule has 0 aromatic heterocycles. The van der Waals surface area contributed by atoms with Crippen molar-refractivity contribution >= 4 is 5.97 Å². The fourth-order valence-corrected chi connectivity index (χ4v) is 3.02. The van der Waals surface area contributed by atoms with Crippen molar-refractivity contribution in [3.05, 3.63) is 35.9 Å². The minimum Gasteiger partial charge on any atom is -0.479 e. The largest absolute Gasteiger partial charge is 0.479 e. The van der Waals surface area contributed by atoms with E-state index in [1.807, 2.05) is 30.3 Å². The van der Waals surface area contributed by atoms with Gasteiger partial charge in [-0.2, -0.15) is 0 Å². The van der Waals surface area contributed by atoms with Crippen molar-refractivity contribution in [2.24, 2.45) is 0 Å². The van der Waals surface area contributed by atoms with E-state index < -0.39 is 17.2 Å². The van der Waals surface area contributed by atoms with Crippen LogP contribution in [0.4, 0.5) is 0 Å². The van der Waals surface area contributed by atoms with Gasteiger partial charge in [0, 0.05) is 0 Å². The van der Waals surface area contributed by atoms with E-state index in [9.17, 15) is 9.90 Å². The van der Waals surface area contributed by atoms with Gasteiger partial charge < -0.3 is 9.84 Å². The summed E-state index contributed by atoms with van der Waals surface area (Å²) in [6.45, 7) is 0. The second-order valence-corrected chi connectivity index (χ2v) is 4.66. The van der Waals surface area contributed by atoms with Gasteiger partial charge in [-0.05, 0) is 18.4 Å². The van der Waals surface area contributed by atoms with Gasteiger partial charge >= 0.3 is 5.97 Å².